The molecule has 0 fully saturated rings. The number of aryl methyl sites for hydroxylation is 1. The molecular formula is C12H16N2O2. The number of anilines is 1. The third kappa shape index (κ3) is 1.76. The lowest BCUT2D eigenvalue weighted by Crippen LogP contribution is -2.47. The Morgan fingerprint density at radius 2 is 2.31 bits per heavy atom. The molecule has 0 bridgehead atoms. The van der Waals surface area contributed by atoms with Crippen LogP contribution in [0.5, 0.6) is 5.75 Å². The molecule has 1 aromatic carbocycles. The minimum absolute atomic E-state index is 0.00282. The lowest BCUT2D eigenvalue weighted by atomic mass is 10.1. The van der Waals surface area contributed by atoms with Gasteiger partial charge in [0.1, 0.15) is 5.75 Å². The molecule has 0 saturated carbocycles. The molecule has 1 aliphatic rings. The Bertz CT molecular complexity index is 417. The number of rotatable bonds is 2. The molecule has 1 amide bonds. The monoisotopic (exact) mass is 220 g/mol. The van der Waals surface area contributed by atoms with Crippen LogP contribution >= 0.6 is 0 Å². The first-order valence-electron chi connectivity index (χ1n) is 5.39. The second-order valence-corrected chi connectivity index (χ2v) is 4.11. The van der Waals surface area contributed by atoms with Crippen molar-refractivity contribution < 1.29 is 9.53 Å². The topological polar surface area (TPSA) is 55.6 Å². The van der Waals surface area contributed by atoms with E-state index in [1.54, 1.807) is 4.90 Å². The molecule has 0 radical (unpaired) electrons. The van der Waals surface area contributed by atoms with Crippen LogP contribution < -0.4 is 15.4 Å². The quantitative estimate of drug-likeness (QED) is 0.811. The maximum Gasteiger partial charge on any atom is 0.265 e. The van der Waals surface area contributed by atoms with E-state index in [9.17, 15) is 4.79 Å². The third-order valence-corrected chi connectivity index (χ3v) is 2.78. The number of benzene rings is 1. The standard InChI is InChI=1S/C12H16N2O2/c1-8-3-4-11-10(5-8)14(9(2)6-13)12(15)7-16-11/h3-5,9H,6-7,13H2,1-2H3. The van der Waals surface area contributed by atoms with Gasteiger partial charge in [-0.3, -0.25) is 4.79 Å². The van der Waals surface area contributed by atoms with Gasteiger partial charge in [0.2, 0.25) is 0 Å². The van der Waals surface area contributed by atoms with Gasteiger partial charge >= 0.3 is 0 Å². The molecule has 2 rings (SSSR count). The minimum Gasteiger partial charge on any atom is -0.482 e. The zero-order valence-electron chi connectivity index (χ0n) is 9.56. The molecule has 0 aliphatic carbocycles. The minimum atomic E-state index is -0.0314. The van der Waals surface area contributed by atoms with Gasteiger partial charge in [-0.05, 0) is 31.5 Å². The normalized spacial score (nSPS) is 16.7. The Hall–Kier alpha value is -1.55. The van der Waals surface area contributed by atoms with Gasteiger partial charge in [0.15, 0.2) is 6.61 Å². The van der Waals surface area contributed by atoms with Gasteiger partial charge in [0.25, 0.3) is 5.91 Å². The van der Waals surface area contributed by atoms with Gasteiger partial charge in [-0.1, -0.05) is 6.07 Å². The molecule has 0 spiro atoms. The zero-order chi connectivity index (χ0) is 11.7. The number of hydrogen-bond donors (Lipinski definition) is 1. The van der Waals surface area contributed by atoms with Gasteiger partial charge in [0.05, 0.1) is 5.69 Å². The van der Waals surface area contributed by atoms with E-state index < -0.39 is 0 Å². The first kappa shape index (κ1) is 11.0. The summed E-state index contributed by atoms with van der Waals surface area (Å²) >= 11 is 0. The number of hydrogen-bond acceptors (Lipinski definition) is 3. The highest BCUT2D eigenvalue weighted by molar-refractivity contribution is 5.98. The molecular weight excluding hydrogens is 204 g/mol. The van der Waals surface area contributed by atoms with Crippen LogP contribution in [0.3, 0.4) is 0 Å². The molecule has 86 valence electrons. The lowest BCUT2D eigenvalue weighted by Gasteiger charge is -2.33. The largest absolute Gasteiger partial charge is 0.482 e. The van der Waals surface area contributed by atoms with Crippen molar-refractivity contribution >= 4 is 11.6 Å². The Kier molecular flexibility index (Phi) is 2.83. The Morgan fingerprint density at radius 3 is 3.00 bits per heavy atom. The second-order valence-electron chi connectivity index (χ2n) is 4.11. The predicted octanol–water partition coefficient (Wildman–Crippen LogP) is 1.07. The average molecular weight is 220 g/mol. The van der Waals surface area contributed by atoms with Crippen molar-refractivity contribution in [2.24, 2.45) is 5.73 Å². The van der Waals surface area contributed by atoms with Crippen LogP contribution in [0.15, 0.2) is 18.2 Å². The first-order chi connectivity index (χ1) is 7.63. The summed E-state index contributed by atoms with van der Waals surface area (Å²) in [6.07, 6.45) is 0. The molecule has 1 unspecified atom stereocenters. The number of carbonyl (C=O) groups is 1. The maximum absolute atomic E-state index is 11.8. The van der Waals surface area contributed by atoms with Crippen LogP contribution in [-0.2, 0) is 4.79 Å². The fourth-order valence-corrected chi connectivity index (χ4v) is 1.87. The van der Waals surface area contributed by atoms with E-state index in [1.807, 2.05) is 32.0 Å². The molecule has 0 saturated heterocycles. The summed E-state index contributed by atoms with van der Waals surface area (Å²) in [5.74, 6) is 0.724. The smallest absolute Gasteiger partial charge is 0.265 e. The van der Waals surface area contributed by atoms with E-state index in [0.29, 0.717) is 6.54 Å². The molecule has 1 aliphatic heterocycles. The van der Waals surface area contributed by atoms with E-state index in [0.717, 1.165) is 17.0 Å². The van der Waals surface area contributed by atoms with E-state index in [2.05, 4.69) is 0 Å². The number of nitrogens with two attached hydrogens (primary N) is 1. The molecule has 1 heterocycles. The van der Waals surface area contributed by atoms with Crippen molar-refractivity contribution in [3.63, 3.8) is 0 Å². The van der Waals surface area contributed by atoms with Gasteiger partial charge in [-0.2, -0.15) is 0 Å². The number of fused-ring (bicyclic) bond motifs is 1. The van der Waals surface area contributed by atoms with Crippen molar-refractivity contribution in [3.05, 3.63) is 23.8 Å². The Labute approximate surface area is 95.0 Å². The molecule has 1 aromatic rings. The summed E-state index contributed by atoms with van der Waals surface area (Å²) in [6, 6.07) is 5.82. The lowest BCUT2D eigenvalue weighted by molar-refractivity contribution is -0.121. The van der Waals surface area contributed by atoms with Crippen LogP contribution in [-0.4, -0.2) is 25.1 Å². The molecule has 1 atom stereocenters. The van der Waals surface area contributed by atoms with Gasteiger partial charge < -0.3 is 15.4 Å². The number of ether oxygens (including phenoxy) is 1. The molecule has 16 heavy (non-hydrogen) atoms. The van der Waals surface area contributed by atoms with Crippen molar-refractivity contribution in [1.82, 2.24) is 0 Å². The van der Waals surface area contributed by atoms with Crippen LogP contribution in [0.2, 0.25) is 0 Å². The van der Waals surface area contributed by atoms with Crippen LogP contribution in [0, 0.1) is 6.92 Å². The molecule has 4 heteroatoms. The van der Waals surface area contributed by atoms with E-state index in [1.165, 1.54) is 0 Å². The van der Waals surface area contributed by atoms with E-state index in [-0.39, 0.29) is 18.6 Å². The summed E-state index contributed by atoms with van der Waals surface area (Å²) in [7, 11) is 0. The van der Waals surface area contributed by atoms with Gasteiger partial charge in [-0.15, -0.1) is 0 Å². The Balaban J connectivity index is 2.46. The highest BCUT2D eigenvalue weighted by Crippen LogP contribution is 2.33. The summed E-state index contributed by atoms with van der Waals surface area (Å²) < 4.78 is 5.38. The summed E-state index contributed by atoms with van der Waals surface area (Å²) in [6.45, 7) is 4.47. The highest BCUT2D eigenvalue weighted by atomic mass is 16.5. The molecule has 2 N–H and O–H groups in total. The first-order valence-corrected chi connectivity index (χ1v) is 5.39. The van der Waals surface area contributed by atoms with Crippen LogP contribution in [0.25, 0.3) is 0 Å². The van der Waals surface area contributed by atoms with Gasteiger partial charge in [-0.25, -0.2) is 0 Å². The third-order valence-electron chi connectivity index (χ3n) is 2.78. The predicted molar refractivity (Wildman–Crippen MR) is 62.7 cm³/mol. The average Bonchev–Trinajstić information content (AvgIpc) is 2.28. The van der Waals surface area contributed by atoms with Crippen LogP contribution in [0.1, 0.15) is 12.5 Å². The number of carbonyl (C=O) groups excluding carboxylic acids is 1. The zero-order valence-corrected chi connectivity index (χ0v) is 9.56. The van der Waals surface area contributed by atoms with E-state index >= 15 is 0 Å². The summed E-state index contributed by atoms with van der Waals surface area (Å²) in [4.78, 5) is 13.5. The van der Waals surface area contributed by atoms with Crippen molar-refractivity contribution in [2.75, 3.05) is 18.1 Å². The molecule has 4 nitrogen and oxygen atoms in total. The van der Waals surface area contributed by atoms with Crippen molar-refractivity contribution in [3.8, 4) is 5.75 Å². The van der Waals surface area contributed by atoms with Crippen molar-refractivity contribution in [1.29, 1.82) is 0 Å². The Morgan fingerprint density at radius 1 is 1.56 bits per heavy atom. The second kappa shape index (κ2) is 4.14. The summed E-state index contributed by atoms with van der Waals surface area (Å²) in [5, 5.41) is 0. The summed E-state index contributed by atoms with van der Waals surface area (Å²) in [5.41, 5.74) is 7.56. The fraction of sp³-hybridized carbons (Fsp3) is 0.417. The number of amides is 1. The SMILES string of the molecule is Cc1ccc2c(c1)N(C(C)CN)C(=O)CO2. The van der Waals surface area contributed by atoms with Crippen LogP contribution in [0.4, 0.5) is 5.69 Å². The highest BCUT2D eigenvalue weighted by Gasteiger charge is 2.28. The van der Waals surface area contributed by atoms with E-state index in [4.69, 9.17) is 10.5 Å². The maximum atomic E-state index is 11.8. The van der Waals surface area contributed by atoms with Crippen molar-refractivity contribution in [2.45, 2.75) is 19.9 Å². The molecule has 0 aromatic heterocycles. The number of nitrogens with zero attached hydrogens (tertiary/aromatic N) is 1. The van der Waals surface area contributed by atoms with Gasteiger partial charge in [0, 0.05) is 12.6 Å². The fourth-order valence-electron chi connectivity index (χ4n) is 1.87.